The van der Waals surface area contributed by atoms with Crippen molar-refractivity contribution in [3.8, 4) is 0 Å². The summed E-state index contributed by atoms with van der Waals surface area (Å²) in [6, 6.07) is 7.21. The normalized spacial score (nSPS) is 23.3. The number of allylic oxidation sites excluding steroid dienone is 2. The van der Waals surface area contributed by atoms with Crippen molar-refractivity contribution in [1.29, 1.82) is 0 Å². The molecule has 0 radical (unpaired) electrons. The summed E-state index contributed by atoms with van der Waals surface area (Å²) in [7, 11) is 0. The number of rotatable bonds is 2. The van der Waals surface area contributed by atoms with Crippen LogP contribution in [-0.2, 0) is 5.54 Å². The third kappa shape index (κ3) is 2.35. The van der Waals surface area contributed by atoms with Crippen molar-refractivity contribution in [3.05, 3.63) is 67.1 Å². The fourth-order valence-corrected chi connectivity index (χ4v) is 2.36. The van der Waals surface area contributed by atoms with E-state index in [0.29, 0.717) is 12.0 Å². The lowest BCUT2D eigenvalue weighted by molar-refractivity contribution is -0.563. The average Bonchev–Trinajstić information content (AvgIpc) is 2.31. The van der Waals surface area contributed by atoms with Gasteiger partial charge in [0, 0.05) is 25.9 Å². The molecule has 88 valence electrons. The maximum absolute atomic E-state index is 11.4. The van der Waals surface area contributed by atoms with E-state index in [4.69, 9.17) is 0 Å². The molecular formula is C12H9Br2NO2. The van der Waals surface area contributed by atoms with E-state index >= 15 is 0 Å². The monoisotopic (exact) mass is 357 g/mol. The van der Waals surface area contributed by atoms with Crippen LogP contribution in [0.1, 0.15) is 12.0 Å². The summed E-state index contributed by atoms with van der Waals surface area (Å²) in [4.78, 5) is 11.1. The standard InChI is InChI=1S/C12H9Br2NO2/c13-10-3-1-9(2-4-10)12(15(16)17)7-5-11(14)6-8-12/h1-7H,8H2. The van der Waals surface area contributed by atoms with E-state index in [9.17, 15) is 10.1 Å². The summed E-state index contributed by atoms with van der Waals surface area (Å²) in [5.74, 6) is 0. The highest BCUT2D eigenvalue weighted by Gasteiger charge is 2.42. The van der Waals surface area contributed by atoms with E-state index < -0.39 is 5.54 Å². The smallest absolute Gasteiger partial charge is 0.263 e. The highest BCUT2D eigenvalue weighted by molar-refractivity contribution is 9.12. The number of hydrogen-bond donors (Lipinski definition) is 0. The van der Waals surface area contributed by atoms with Gasteiger partial charge in [-0.25, -0.2) is 0 Å². The Balaban J connectivity index is 2.47. The third-order valence-corrected chi connectivity index (χ3v) is 3.91. The van der Waals surface area contributed by atoms with Crippen molar-refractivity contribution in [3.63, 3.8) is 0 Å². The topological polar surface area (TPSA) is 43.1 Å². The second-order valence-electron chi connectivity index (χ2n) is 3.81. The second-order valence-corrected chi connectivity index (χ2v) is 5.65. The fourth-order valence-electron chi connectivity index (χ4n) is 1.80. The summed E-state index contributed by atoms with van der Waals surface area (Å²) in [6.45, 7) is 0. The molecule has 0 saturated carbocycles. The molecule has 1 aliphatic rings. The zero-order chi connectivity index (χ0) is 12.5. The molecule has 1 unspecified atom stereocenters. The molecule has 2 rings (SSSR count). The SMILES string of the molecule is O=[N+]([O-])C1(c2ccc(Br)cc2)C=CC(Br)=CC1. The molecule has 0 aromatic heterocycles. The summed E-state index contributed by atoms with van der Waals surface area (Å²) in [6.07, 6.45) is 5.55. The molecule has 0 N–H and O–H groups in total. The first-order chi connectivity index (χ1) is 8.04. The highest BCUT2D eigenvalue weighted by Crippen LogP contribution is 2.36. The van der Waals surface area contributed by atoms with E-state index in [-0.39, 0.29) is 4.92 Å². The van der Waals surface area contributed by atoms with Gasteiger partial charge < -0.3 is 0 Å². The van der Waals surface area contributed by atoms with Crippen LogP contribution in [0.15, 0.2) is 51.4 Å². The van der Waals surface area contributed by atoms with E-state index in [0.717, 1.165) is 8.96 Å². The molecule has 1 atom stereocenters. The molecular weight excluding hydrogens is 350 g/mol. The molecule has 0 aliphatic heterocycles. The van der Waals surface area contributed by atoms with Crippen LogP contribution in [0, 0.1) is 10.1 Å². The van der Waals surface area contributed by atoms with Crippen LogP contribution in [0.5, 0.6) is 0 Å². The van der Waals surface area contributed by atoms with E-state index in [1.54, 1.807) is 24.3 Å². The van der Waals surface area contributed by atoms with Gasteiger partial charge in [-0.2, -0.15) is 0 Å². The van der Waals surface area contributed by atoms with Crippen molar-refractivity contribution in [1.82, 2.24) is 0 Å². The summed E-state index contributed by atoms with van der Waals surface area (Å²) < 4.78 is 1.79. The predicted octanol–water partition coefficient (Wildman–Crippen LogP) is 4.16. The van der Waals surface area contributed by atoms with E-state index in [1.807, 2.05) is 18.2 Å². The molecule has 17 heavy (non-hydrogen) atoms. The van der Waals surface area contributed by atoms with Gasteiger partial charge in [0.2, 0.25) is 0 Å². The largest absolute Gasteiger partial charge is 0.269 e. The lowest BCUT2D eigenvalue weighted by Gasteiger charge is -2.23. The van der Waals surface area contributed by atoms with Crippen molar-refractivity contribution >= 4 is 31.9 Å². The Kier molecular flexibility index (Phi) is 3.49. The lowest BCUT2D eigenvalue weighted by atomic mass is 9.84. The fraction of sp³-hybridized carbons (Fsp3) is 0.167. The van der Waals surface area contributed by atoms with Gasteiger partial charge in [-0.15, -0.1) is 0 Å². The van der Waals surface area contributed by atoms with Gasteiger partial charge in [0.25, 0.3) is 5.54 Å². The van der Waals surface area contributed by atoms with Gasteiger partial charge in [0.05, 0.1) is 0 Å². The van der Waals surface area contributed by atoms with Crippen molar-refractivity contribution in [2.75, 3.05) is 0 Å². The lowest BCUT2D eigenvalue weighted by Crippen LogP contribution is -2.33. The van der Waals surface area contributed by atoms with Crippen LogP contribution >= 0.6 is 31.9 Å². The quantitative estimate of drug-likeness (QED) is 0.588. The minimum Gasteiger partial charge on any atom is -0.263 e. The number of halogens is 2. The van der Waals surface area contributed by atoms with Crippen LogP contribution in [0.2, 0.25) is 0 Å². The number of nitrogens with zero attached hydrogens (tertiary/aromatic N) is 1. The van der Waals surface area contributed by atoms with Crippen molar-refractivity contribution in [2.24, 2.45) is 0 Å². The Morgan fingerprint density at radius 3 is 2.35 bits per heavy atom. The zero-order valence-electron chi connectivity index (χ0n) is 8.77. The predicted molar refractivity (Wildman–Crippen MR) is 73.6 cm³/mol. The first-order valence-electron chi connectivity index (χ1n) is 5.00. The summed E-state index contributed by atoms with van der Waals surface area (Å²) in [5.41, 5.74) is -0.448. The average molecular weight is 359 g/mol. The molecule has 0 spiro atoms. The van der Waals surface area contributed by atoms with E-state index in [2.05, 4.69) is 31.9 Å². The molecule has 0 saturated heterocycles. The molecule has 0 fully saturated rings. The Morgan fingerprint density at radius 1 is 1.24 bits per heavy atom. The Hall–Kier alpha value is -0.940. The van der Waals surface area contributed by atoms with Crippen LogP contribution in [-0.4, -0.2) is 4.92 Å². The molecule has 5 heteroatoms. The van der Waals surface area contributed by atoms with Gasteiger partial charge in [-0.1, -0.05) is 50.1 Å². The first kappa shape index (κ1) is 12.5. The number of benzene rings is 1. The number of hydrogen-bond acceptors (Lipinski definition) is 2. The third-order valence-electron chi connectivity index (χ3n) is 2.80. The highest BCUT2D eigenvalue weighted by atomic mass is 79.9. The Morgan fingerprint density at radius 2 is 1.88 bits per heavy atom. The minimum absolute atomic E-state index is 0.233. The summed E-state index contributed by atoms with van der Waals surface area (Å²) in [5, 5.41) is 11.4. The van der Waals surface area contributed by atoms with Gasteiger partial charge in [-0.05, 0) is 24.3 Å². The Bertz CT molecular complexity index is 508. The molecule has 0 bridgehead atoms. The Labute approximate surface area is 116 Å². The van der Waals surface area contributed by atoms with Gasteiger partial charge in [0.1, 0.15) is 0 Å². The molecule has 1 aliphatic carbocycles. The minimum atomic E-state index is -1.14. The van der Waals surface area contributed by atoms with Gasteiger partial charge in [-0.3, -0.25) is 10.1 Å². The van der Waals surface area contributed by atoms with Crippen LogP contribution < -0.4 is 0 Å². The first-order valence-corrected chi connectivity index (χ1v) is 6.59. The van der Waals surface area contributed by atoms with Crippen LogP contribution in [0.3, 0.4) is 0 Å². The molecule has 1 aromatic carbocycles. The summed E-state index contributed by atoms with van der Waals surface area (Å²) >= 11 is 6.64. The maximum atomic E-state index is 11.4. The molecule has 0 amide bonds. The van der Waals surface area contributed by atoms with Crippen molar-refractivity contribution < 1.29 is 4.92 Å². The van der Waals surface area contributed by atoms with Gasteiger partial charge >= 0.3 is 0 Å². The second kappa shape index (κ2) is 4.74. The van der Waals surface area contributed by atoms with Gasteiger partial charge in [0.15, 0.2) is 0 Å². The molecule has 1 aromatic rings. The van der Waals surface area contributed by atoms with Crippen molar-refractivity contribution in [2.45, 2.75) is 12.0 Å². The molecule has 3 nitrogen and oxygen atoms in total. The van der Waals surface area contributed by atoms with Crippen LogP contribution in [0.25, 0.3) is 0 Å². The van der Waals surface area contributed by atoms with Crippen LogP contribution in [0.4, 0.5) is 0 Å². The molecule has 0 heterocycles. The zero-order valence-corrected chi connectivity index (χ0v) is 11.9. The maximum Gasteiger partial charge on any atom is 0.269 e. The number of nitro groups is 1. The van der Waals surface area contributed by atoms with E-state index in [1.165, 1.54) is 0 Å².